The molecule has 0 spiro atoms. The Balaban J connectivity index is 1.73. The molecule has 2 N–H and O–H groups in total. The van der Waals surface area contributed by atoms with Gasteiger partial charge in [0.05, 0.1) is 5.75 Å². The minimum absolute atomic E-state index is 0.0315. The van der Waals surface area contributed by atoms with Crippen LogP contribution in [0.1, 0.15) is 57.7 Å². The predicted molar refractivity (Wildman–Crippen MR) is 88.7 cm³/mol. The van der Waals surface area contributed by atoms with Crippen LogP contribution in [-0.4, -0.2) is 32.3 Å². The second-order valence-corrected chi connectivity index (χ2v) is 7.16. The lowest BCUT2D eigenvalue weighted by Gasteiger charge is -2.20. The SMILES string of the molecule is CC(C)c1nnc(SCC(=O)NNC(=O)C2CCCCC2)n1C. The summed E-state index contributed by atoms with van der Waals surface area (Å²) in [6.45, 7) is 4.10. The lowest BCUT2D eigenvalue weighted by molar-refractivity contribution is -0.131. The van der Waals surface area contributed by atoms with Crippen LogP contribution in [0.25, 0.3) is 0 Å². The van der Waals surface area contributed by atoms with Crippen molar-refractivity contribution in [1.82, 2.24) is 25.6 Å². The maximum Gasteiger partial charge on any atom is 0.248 e. The molecule has 7 nitrogen and oxygen atoms in total. The predicted octanol–water partition coefficient (Wildman–Crippen LogP) is 1.76. The average molecular weight is 339 g/mol. The van der Waals surface area contributed by atoms with Crippen molar-refractivity contribution in [3.8, 4) is 0 Å². The van der Waals surface area contributed by atoms with Crippen molar-refractivity contribution in [2.45, 2.75) is 57.0 Å². The zero-order valence-electron chi connectivity index (χ0n) is 14.0. The summed E-state index contributed by atoms with van der Waals surface area (Å²) in [4.78, 5) is 23.8. The smallest absolute Gasteiger partial charge is 0.248 e. The number of nitrogens with zero attached hydrogens (tertiary/aromatic N) is 3. The minimum atomic E-state index is -0.242. The monoisotopic (exact) mass is 339 g/mol. The maximum atomic E-state index is 12.0. The Morgan fingerprint density at radius 1 is 1.22 bits per heavy atom. The topological polar surface area (TPSA) is 88.9 Å². The van der Waals surface area contributed by atoms with E-state index in [2.05, 4.69) is 21.0 Å². The van der Waals surface area contributed by atoms with E-state index in [9.17, 15) is 9.59 Å². The largest absolute Gasteiger partial charge is 0.309 e. The number of aromatic nitrogens is 3. The molecular formula is C15H25N5O2S. The van der Waals surface area contributed by atoms with Gasteiger partial charge in [-0.05, 0) is 12.8 Å². The summed E-state index contributed by atoms with van der Waals surface area (Å²) in [5.74, 6) is 1.07. The van der Waals surface area contributed by atoms with E-state index in [4.69, 9.17) is 0 Å². The molecular weight excluding hydrogens is 314 g/mol. The van der Waals surface area contributed by atoms with Crippen molar-refractivity contribution in [2.24, 2.45) is 13.0 Å². The van der Waals surface area contributed by atoms with Gasteiger partial charge in [-0.25, -0.2) is 0 Å². The lowest BCUT2D eigenvalue weighted by atomic mass is 9.89. The number of hydrazine groups is 1. The van der Waals surface area contributed by atoms with Gasteiger partial charge in [-0.3, -0.25) is 20.4 Å². The van der Waals surface area contributed by atoms with Gasteiger partial charge in [0.2, 0.25) is 11.8 Å². The highest BCUT2D eigenvalue weighted by Crippen LogP contribution is 2.23. The molecule has 1 aliphatic rings. The van der Waals surface area contributed by atoms with Crippen molar-refractivity contribution in [3.63, 3.8) is 0 Å². The van der Waals surface area contributed by atoms with Gasteiger partial charge in [0.1, 0.15) is 5.82 Å². The third kappa shape index (κ3) is 4.95. The zero-order valence-corrected chi connectivity index (χ0v) is 14.8. The first-order valence-corrected chi connectivity index (χ1v) is 9.08. The molecule has 0 aliphatic heterocycles. The van der Waals surface area contributed by atoms with Crippen LogP contribution in [0.4, 0.5) is 0 Å². The minimum Gasteiger partial charge on any atom is -0.309 e. The second-order valence-electron chi connectivity index (χ2n) is 6.22. The summed E-state index contributed by atoms with van der Waals surface area (Å²) in [6, 6.07) is 0. The van der Waals surface area contributed by atoms with E-state index in [-0.39, 0.29) is 29.4 Å². The third-order valence-corrected chi connectivity index (χ3v) is 5.04. The fraction of sp³-hybridized carbons (Fsp3) is 0.733. The van der Waals surface area contributed by atoms with Gasteiger partial charge < -0.3 is 4.57 Å². The van der Waals surface area contributed by atoms with E-state index in [1.54, 1.807) is 0 Å². The van der Waals surface area contributed by atoms with Gasteiger partial charge in [-0.15, -0.1) is 10.2 Å². The standard InChI is InChI=1S/C15H25N5O2S/c1-10(2)13-17-19-15(20(13)3)23-9-12(21)16-18-14(22)11-7-5-4-6-8-11/h10-11H,4-9H2,1-3H3,(H,16,21)(H,18,22). The number of thioether (sulfide) groups is 1. The normalized spacial score (nSPS) is 15.7. The van der Waals surface area contributed by atoms with Crippen LogP contribution in [0, 0.1) is 5.92 Å². The molecule has 2 amide bonds. The molecule has 1 aromatic rings. The van der Waals surface area contributed by atoms with Crippen LogP contribution in [0.3, 0.4) is 0 Å². The Hall–Kier alpha value is -1.57. The van der Waals surface area contributed by atoms with Crippen LogP contribution in [0.15, 0.2) is 5.16 Å². The van der Waals surface area contributed by atoms with Crippen LogP contribution >= 0.6 is 11.8 Å². The Morgan fingerprint density at radius 2 is 1.91 bits per heavy atom. The van der Waals surface area contributed by atoms with Gasteiger partial charge in [0.15, 0.2) is 5.16 Å². The molecule has 0 radical (unpaired) electrons. The Labute approximate surface area is 141 Å². The summed E-state index contributed by atoms with van der Waals surface area (Å²) in [5, 5.41) is 8.90. The molecule has 1 heterocycles. The molecule has 0 unspecified atom stereocenters. The summed E-state index contributed by atoms with van der Waals surface area (Å²) >= 11 is 1.31. The van der Waals surface area contributed by atoms with E-state index in [1.807, 2.05) is 25.5 Å². The van der Waals surface area contributed by atoms with Crippen LogP contribution in [0.5, 0.6) is 0 Å². The van der Waals surface area contributed by atoms with Gasteiger partial charge in [0, 0.05) is 18.9 Å². The molecule has 128 valence electrons. The number of amides is 2. The van der Waals surface area contributed by atoms with Crippen molar-refractivity contribution in [1.29, 1.82) is 0 Å². The fourth-order valence-electron chi connectivity index (χ4n) is 2.72. The lowest BCUT2D eigenvalue weighted by Crippen LogP contribution is -2.45. The van der Waals surface area contributed by atoms with E-state index in [0.717, 1.165) is 31.5 Å². The summed E-state index contributed by atoms with van der Waals surface area (Å²) in [6.07, 6.45) is 5.20. The quantitative estimate of drug-likeness (QED) is 0.630. The third-order valence-electron chi connectivity index (χ3n) is 4.02. The molecule has 23 heavy (non-hydrogen) atoms. The first-order valence-electron chi connectivity index (χ1n) is 8.09. The molecule has 0 saturated heterocycles. The van der Waals surface area contributed by atoms with E-state index in [1.165, 1.54) is 18.2 Å². The van der Waals surface area contributed by atoms with Gasteiger partial charge >= 0.3 is 0 Å². The highest BCUT2D eigenvalue weighted by Gasteiger charge is 2.21. The fourth-order valence-corrected chi connectivity index (χ4v) is 3.44. The summed E-state index contributed by atoms with van der Waals surface area (Å²) in [7, 11) is 1.89. The van der Waals surface area contributed by atoms with Crippen molar-refractivity contribution >= 4 is 23.6 Å². The van der Waals surface area contributed by atoms with Crippen LogP contribution < -0.4 is 10.9 Å². The van der Waals surface area contributed by atoms with Gasteiger partial charge in [-0.2, -0.15) is 0 Å². The molecule has 2 rings (SSSR count). The number of hydrogen-bond donors (Lipinski definition) is 2. The molecule has 0 atom stereocenters. The average Bonchev–Trinajstić information content (AvgIpc) is 2.92. The van der Waals surface area contributed by atoms with Gasteiger partial charge in [0.25, 0.3) is 0 Å². The van der Waals surface area contributed by atoms with E-state index < -0.39 is 0 Å². The number of carbonyl (C=O) groups is 2. The molecule has 1 aromatic heterocycles. The van der Waals surface area contributed by atoms with Crippen LogP contribution in [-0.2, 0) is 16.6 Å². The molecule has 0 aromatic carbocycles. The number of nitrogens with one attached hydrogen (secondary N) is 2. The highest BCUT2D eigenvalue weighted by molar-refractivity contribution is 7.99. The second kappa shape index (κ2) is 8.33. The number of carbonyl (C=O) groups excluding carboxylic acids is 2. The van der Waals surface area contributed by atoms with Crippen LogP contribution in [0.2, 0.25) is 0 Å². The first-order chi connectivity index (χ1) is 11.0. The van der Waals surface area contributed by atoms with Crippen molar-refractivity contribution < 1.29 is 9.59 Å². The van der Waals surface area contributed by atoms with E-state index in [0.29, 0.717) is 5.16 Å². The molecule has 8 heteroatoms. The Kier molecular flexibility index (Phi) is 6.44. The van der Waals surface area contributed by atoms with Crippen molar-refractivity contribution in [2.75, 3.05) is 5.75 Å². The van der Waals surface area contributed by atoms with Crippen molar-refractivity contribution in [3.05, 3.63) is 5.82 Å². The van der Waals surface area contributed by atoms with Gasteiger partial charge in [-0.1, -0.05) is 44.9 Å². The molecule has 1 saturated carbocycles. The Morgan fingerprint density at radius 3 is 2.52 bits per heavy atom. The maximum absolute atomic E-state index is 12.0. The zero-order chi connectivity index (χ0) is 16.8. The van der Waals surface area contributed by atoms with E-state index >= 15 is 0 Å². The first kappa shape index (κ1) is 17.8. The summed E-state index contributed by atoms with van der Waals surface area (Å²) < 4.78 is 1.89. The number of hydrogen-bond acceptors (Lipinski definition) is 5. The molecule has 0 bridgehead atoms. The molecule has 1 aliphatic carbocycles. The highest BCUT2D eigenvalue weighted by atomic mass is 32.2. The Bertz CT molecular complexity index is 552. The number of rotatable bonds is 5. The summed E-state index contributed by atoms with van der Waals surface area (Å²) in [5.41, 5.74) is 5.01. The molecule has 1 fully saturated rings.